The second kappa shape index (κ2) is 9.32. The van der Waals surface area contributed by atoms with Crippen molar-refractivity contribution in [3.05, 3.63) is 35.4 Å². The van der Waals surface area contributed by atoms with Gasteiger partial charge in [-0.25, -0.2) is 8.78 Å². The number of amides is 2. The summed E-state index contributed by atoms with van der Waals surface area (Å²) in [4.78, 5) is 25.8. The van der Waals surface area contributed by atoms with Crippen molar-refractivity contribution in [3.8, 4) is 0 Å². The van der Waals surface area contributed by atoms with Gasteiger partial charge in [0.1, 0.15) is 11.6 Å². The molecule has 0 unspecified atom stereocenters. The van der Waals surface area contributed by atoms with Gasteiger partial charge in [-0.15, -0.1) is 0 Å². The zero-order valence-electron chi connectivity index (χ0n) is 13.6. The summed E-state index contributed by atoms with van der Waals surface area (Å²) in [6.45, 7) is 3.49. The molecule has 5 nitrogen and oxygen atoms in total. The first-order valence-electron chi connectivity index (χ1n) is 8.28. The fourth-order valence-corrected chi connectivity index (χ4v) is 2.71. The number of carbonyl (C=O) groups excluding carboxylic acids is 2. The summed E-state index contributed by atoms with van der Waals surface area (Å²) < 4.78 is 26.2. The van der Waals surface area contributed by atoms with Crippen LogP contribution in [0.25, 0.3) is 0 Å². The molecule has 24 heavy (non-hydrogen) atoms. The van der Waals surface area contributed by atoms with Crippen LogP contribution in [0.1, 0.15) is 36.0 Å². The van der Waals surface area contributed by atoms with Crippen molar-refractivity contribution in [2.75, 3.05) is 32.7 Å². The Balaban J connectivity index is 1.62. The quantitative estimate of drug-likeness (QED) is 0.743. The standard InChI is InChI=1S/C17H23F2N3O2/c18-13-5-6-14(15(19)11-13)17(24)21-12-16(23)20-7-4-10-22-8-2-1-3-9-22/h5-6,11H,1-4,7-10,12H2,(H,20,23)(H,21,24). The highest BCUT2D eigenvalue weighted by molar-refractivity contribution is 5.96. The number of nitrogens with zero attached hydrogens (tertiary/aromatic N) is 1. The van der Waals surface area contributed by atoms with E-state index in [1.807, 2.05) is 0 Å². The summed E-state index contributed by atoms with van der Waals surface area (Å²) in [5, 5.41) is 5.04. The van der Waals surface area contributed by atoms with Crippen LogP contribution < -0.4 is 10.6 Å². The zero-order chi connectivity index (χ0) is 17.4. The predicted octanol–water partition coefficient (Wildman–Crippen LogP) is 1.69. The van der Waals surface area contributed by atoms with Gasteiger partial charge in [0.25, 0.3) is 5.91 Å². The van der Waals surface area contributed by atoms with E-state index in [9.17, 15) is 18.4 Å². The third kappa shape index (κ3) is 5.88. The Hall–Kier alpha value is -2.02. The van der Waals surface area contributed by atoms with Crippen LogP contribution in [-0.2, 0) is 4.79 Å². The monoisotopic (exact) mass is 339 g/mol. The predicted molar refractivity (Wildman–Crippen MR) is 86.6 cm³/mol. The van der Waals surface area contributed by atoms with E-state index in [1.54, 1.807) is 0 Å². The van der Waals surface area contributed by atoms with Crippen LogP contribution in [-0.4, -0.2) is 49.4 Å². The van der Waals surface area contributed by atoms with Crippen molar-refractivity contribution < 1.29 is 18.4 Å². The smallest absolute Gasteiger partial charge is 0.254 e. The van der Waals surface area contributed by atoms with Gasteiger partial charge < -0.3 is 15.5 Å². The van der Waals surface area contributed by atoms with Crippen LogP contribution in [0.4, 0.5) is 8.78 Å². The molecule has 0 bridgehead atoms. The van der Waals surface area contributed by atoms with Crippen LogP contribution in [0.5, 0.6) is 0 Å². The van der Waals surface area contributed by atoms with Gasteiger partial charge in [0.05, 0.1) is 12.1 Å². The lowest BCUT2D eigenvalue weighted by Gasteiger charge is -2.26. The third-order valence-electron chi connectivity index (χ3n) is 4.01. The minimum atomic E-state index is -0.950. The van der Waals surface area contributed by atoms with E-state index >= 15 is 0 Å². The highest BCUT2D eigenvalue weighted by atomic mass is 19.1. The van der Waals surface area contributed by atoms with Crippen molar-refractivity contribution in [1.82, 2.24) is 15.5 Å². The van der Waals surface area contributed by atoms with Crippen molar-refractivity contribution in [2.45, 2.75) is 25.7 Å². The molecule has 0 aliphatic carbocycles. The molecule has 132 valence electrons. The molecule has 7 heteroatoms. The Labute approximate surface area is 140 Å². The summed E-state index contributed by atoms with van der Waals surface area (Å²) >= 11 is 0. The van der Waals surface area contributed by atoms with E-state index < -0.39 is 17.5 Å². The molecule has 0 spiro atoms. The molecule has 2 rings (SSSR count). The SMILES string of the molecule is O=C(CNC(=O)c1ccc(F)cc1F)NCCCN1CCCCC1. The summed E-state index contributed by atoms with van der Waals surface area (Å²) in [5.74, 6) is -2.77. The van der Waals surface area contributed by atoms with Crippen molar-refractivity contribution >= 4 is 11.8 Å². The topological polar surface area (TPSA) is 61.4 Å². The molecule has 1 heterocycles. The highest BCUT2D eigenvalue weighted by Crippen LogP contribution is 2.09. The molecular weight excluding hydrogens is 316 g/mol. The largest absolute Gasteiger partial charge is 0.355 e. The van der Waals surface area contributed by atoms with Crippen molar-refractivity contribution in [1.29, 1.82) is 0 Å². The maximum Gasteiger partial charge on any atom is 0.254 e. The summed E-state index contributed by atoms with van der Waals surface area (Å²) in [6, 6.07) is 2.69. The molecule has 0 saturated carbocycles. The normalized spacial score (nSPS) is 15.1. The Morgan fingerprint density at radius 2 is 1.83 bits per heavy atom. The molecule has 1 fully saturated rings. The minimum absolute atomic E-state index is 0.237. The van der Waals surface area contributed by atoms with Crippen LogP contribution in [0.15, 0.2) is 18.2 Å². The van der Waals surface area contributed by atoms with Crippen LogP contribution >= 0.6 is 0 Å². The average Bonchev–Trinajstić information content (AvgIpc) is 2.57. The number of halogens is 2. The van der Waals surface area contributed by atoms with Crippen molar-refractivity contribution in [2.24, 2.45) is 0 Å². The van der Waals surface area contributed by atoms with Gasteiger partial charge in [0, 0.05) is 12.6 Å². The van der Waals surface area contributed by atoms with Crippen LogP contribution in [0.2, 0.25) is 0 Å². The molecule has 0 atom stereocenters. The number of rotatable bonds is 7. The summed E-state index contributed by atoms with van der Waals surface area (Å²) in [7, 11) is 0. The average molecular weight is 339 g/mol. The van der Waals surface area contributed by atoms with Gasteiger partial charge in [0.15, 0.2) is 0 Å². The van der Waals surface area contributed by atoms with Gasteiger partial charge in [-0.05, 0) is 51.0 Å². The lowest BCUT2D eigenvalue weighted by Crippen LogP contribution is -2.38. The number of benzene rings is 1. The molecule has 1 saturated heterocycles. The maximum absolute atomic E-state index is 13.4. The van der Waals surface area contributed by atoms with E-state index in [1.165, 1.54) is 19.3 Å². The van der Waals surface area contributed by atoms with E-state index in [0.717, 1.165) is 38.2 Å². The lowest BCUT2D eigenvalue weighted by molar-refractivity contribution is -0.120. The first-order valence-corrected chi connectivity index (χ1v) is 8.28. The fourth-order valence-electron chi connectivity index (χ4n) is 2.71. The van der Waals surface area contributed by atoms with E-state index in [-0.39, 0.29) is 18.0 Å². The van der Waals surface area contributed by atoms with E-state index in [4.69, 9.17) is 0 Å². The van der Waals surface area contributed by atoms with Gasteiger partial charge in [-0.2, -0.15) is 0 Å². The zero-order valence-corrected chi connectivity index (χ0v) is 13.6. The van der Waals surface area contributed by atoms with Gasteiger partial charge in [-0.3, -0.25) is 9.59 Å². The second-order valence-corrected chi connectivity index (χ2v) is 5.91. The third-order valence-corrected chi connectivity index (χ3v) is 4.01. The molecule has 0 radical (unpaired) electrons. The first-order chi connectivity index (χ1) is 11.6. The van der Waals surface area contributed by atoms with E-state index in [2.05, 4.69) is 15.5 Å². The number of carbonyl (C=O) groups is 2. The van der Waals surface area contributed by atoms with Crippen LogP contribution in [0.3, 0.4) is 0 Å². The number of hydrogen-bond acceptors (Lipinski definition) is 3. The highest BCUT2D eigenvalue weighted by Gasteiger charge is 2.13. The maximum atomic E-state index is 13.4. The number of likely N-dealkylation sites (tertiary alicyclic amines) is 1. The number of nitrogens with one attached hydrogen (secondary N) is 2. The minimum Gasteiger partial charge on any atom is -0.355 e. The van der Waals surface area contributed by atoms with Gasteiger partial charge in [0.2, 0.25) is 5.91 Å². The summed E-state index contributed by atoms with van der Waals surface area (Å²) in [6.07, 6.45) is 4.62. The molecule has 1 aliphatic rings. The van der Waals surface area contributed by atoms with Crippen LogP contribution in [0, 0.1) is 11.6 Å². The van der Waals surface area contributed by atoms with Gasteiger partial charge in [-0.1, -0.05) is 6.42 Å². The molecule has 2 N–H and O–H groups in total. The molecule has 1 aromatic rings. The Bertz CT molecular complexity index is 575. The second-order valence-electron chi connectivity index (χ2n) is 5.91. The first kappa shape index (κ1) is 18.3. The molecular formula is C17H23F2N3O2. The Kier molecular flexibility index (Phi) is 7.11. The van der Waals surface area contributed by atoms with Gasteiger partial charge >= 0.3 is 0 Å². The van der Waals surface area contributed by atoms with Crippen molar-refractivity contribution in [3.63, 3.8) is 0 Å². The Morgan fingerprint density at radius 1 is 1.08 bits per heavy atom. The number of hydrogen-bond donors (Lipinski definition) is 2. The number of piperidine rings is 1. The summed E-state index contributed by atoms with van der Waals surface area (Å²) in [5.41, 5.74) is -0.283. The Morgan fingerprint density at radius 3 is 2.54 bits per heavy atom. The molecule has 1 aromatic carbocycles. The fraction of sp³-hybridized carbons (Fsp3) is 0.529. The molecule has 2 amide bonds. The lowest BCUT2D eigenvalue weighted by atomic mass is 10.1. The molecule has 0 aromatic heterocycles. The van der Waals surface area contributed by atoms with E-state index in [0.29, 0.717) is 12.6 Å². The molecule has 1 aliphatic heterocycles.